The summed E-state index contributed by atoms with van der Waals surface area (Å²) >= 11 is 0. The maximum atomic E-state index is 11.9. The van der Waals surface area contributed by atoms with Gasteiger partial charge in [-0.05, 0) is 56.1 Å². The molecule has 11 nitrogen and oxygen atoms in total. The van der Waals surface area contributed by atoms with Crippen molar-refractivity contribution in [2.75, 3.05) is 43.4 Å². The number of carbonyl (C=O) groups is 2. The van der Waals surface area contributed by atoms with Crippen molar-refractivity contribution in [3.63, 3.8) is 0 Å². The molecule has 1 unspecified atom stereocenters. The van der Waals surface area contributed by atoms with E-state index in [-0.39, 0.29) is 6.04 Å². The second-order valence-corrected chi connectivity index (χ2v) is 9.58. The molecule has 1 fully saturated rings. The number of fused-ring (bicyclic) bond motifs is 3. The molecular weight excluding hydrogens is 517 g/mol. The summed E-state index contributed by atoms with van der Waals surface area (Å²) in [7, 11) is 4.03. The molecule has 5 N–H and O–H groups in total. The smallest absolute Gasteiger partial charge is 0.475 e. The van der Waals surface area contributed by atoms with Crippen LogP contribution in [-0.2, 0) is 18.3 Å². The van der Waals surface area contributed by atoms with Gasteiger partial charge in [-0.15, -0.1) is 0 Å². The number of nitrogens with zero attached hydrogens (tertiary/aromatic N) is 5. The van der Waals surface area contributed by atoms with Gasteiger partial charge in [-0.1, -0.05) is 0 Å². The number of aryl methyl sites for hydroxylation is 1. The molecule has 14 heteroatoms. The van der Waals surface area contributed by atoms with Gasteiger partial charge in [0.15, 0.2) is 5.69 Å². The summed E-state index contributed by atoms with van der Waals surface area (Å²) in [4.78, 5) is 30.2. The van der Waals surface area contributed by atoms with Crippen LogP contribution in [0.25, 0.3) is 0 Å². The molecule has 0 spiro atoms. The maximum Gasteiger partial charge on any atom is 0.490 e. The first-order valence-electron chi connectivity index (χ1n) is 12.4. The molecule has 2 aromatic rings. The molecular formula is C25H31F3N8O3. The highest BCUT2D eigenvalue weighted by atomic mass is 19.4. The molecule has 0 bridgehead atoms. The second-order valence-electron chi connectivity index (χ2n) is 9.58. The molecule has 1 saturated heterocycles. The Kier molecular flexibility index (Phi) is 8.14. The van der Waals surface area contributed by atoms with E-state index in [0.29, 0.717) is 11.7 Å². The third-order valence-corrected chi connectivity index (χ3v) is 6.85. The summed E-state index contributed by atoms with van der Waals surface area (Å²) in [6, 6.07) is 8.41. The van der Waals surface area contributed by atoms with Crippen LogP contribution in [0.3, 0.4) is 0 Å². The van der Waals surface area contributed by atoms with Crippen molar-refractivity contribution >= 4 is 29.2 Å². The summed E-state index contributed by atoms with van der Waals surface area (Å²) in [5.74, 6) is -2.55. The number of likely N-dealkylation sites (N-methyl/N-ethyl adjacent to an activating group) is 1. The highest BCUT2D eigenvalue weighted by Crippen LogP contribution is 2.35. The van der Waals surface area contributed by atoms with Crippen LogP contribution in [0.2, 0.25) is 0 Å². The van der Waals surface area contributed by atoms with E-state index in [1.807, 2.05) is 13.2 Å². The molecule has 1 aromatic carbocycles. The highest BCUT2D eigenvalue weighted by Gasteiger charge is 2.38. The number of anilines is 2. The van der Waals surface area contributed by atoms with E-state index in [1.54, 1.807) is 4.68 Å². The van der Waals surface area contributed by atoms with Gasteiger partial charge in [0, 0.05) is 56.4 Å². The number of nitrogens with one attached hydrogen (secondary N) is 2. The summed E-state index contributed by atoms with van der Waals surface area (Å²) in [5.41, 5.74) is 11.3. The van der Waals surface area contributed by atoms with Gasteiger partial charge >= 0.3 is 12.1 Å². The summed E-state index contributed by atoms with van der Waals surface area (Å²) in [6.07, 6.45) is -0.502. The number of carboxylic acid groups (broad SMARTS) is 1. The number of aliphatic imine (C=N–C) groups is 1. The first kappa shape index (κ1) is 28.0. The minimum atomic E-state index is -5.08. The van der Waals surface area contributed by atoms with Gasteiger partial charge in [0.25, 0.3) is 5.91 Å². The van der Waals surface area contributed by atoms with Gasteiger partial charge in [-0.2, -0.15) is 18.3 Å². The average Bonchev–Trinajstić information content (AvgIpc) is 3.09. The molecule has 210 valence electrons. The van der Waals surface area contributed by atoms with E-state index in [2.05, 4.69) is 61.8 Å². The SMILES string of the molecule is CN1CCN(c2ccc(NC3=NC=C4CCCc5c(C(N)=O)nn(C)c5C4N3)cc2)CC1.O=C(O)C(F)(F)F. The fourth-order valence-corrected chi connectivity index (χ4v) is 4.82. The number of halogens is 3. The second kappa shape index (κ2) is 11.4. The molecule has 1 aromatic heterocycles. The van der Waals surface area contributed by atoms with E-state index in [4.69, 9.17) is 15.6 Å². The third-order valence-electron chi connectivity index (χ3n) is 6.85. The lowest BCUT2D eigenvalue weighted by Crippen LogP contribution is -2.44. The topological polar surface area (TPSA) is 141 Å². The summed E-state index contributed by atoms with van der Waals surface area (Å²) < 4.78 is 33.5. The number of aromatic nitrogens is 2. The van der Waals surface area contributed by atoms with Crippen LogP contribution in [0.15, 0.2) is 41.0 Å². The minimum absolute atomic E-state index is 0.0808. The van der Waals surface area contributed by atoms with Crippen molar-refractivity contribution in [3.05, 3.63) is 53.0 Å². The molecule has 0 radical (unpaired) electrons. The number of alkyl halides is 3. The van der Waals surface area contributed by atoms with Crippen LogP contribution in [0.4, 0.5) is 24.5 Å². The van der Waals surface area contributed by atoms with Crippen molar-refractivity contribution in [3.8, 4) is 0 Å². The highest BCUT2D eigenvalue weighted by molar-refractivity contribution is 5.96. The molecule has 1 atom stereocenters. The first-order valence-corrected chi connectivity index (χ1v) is 12.4. The predicted molar refractivity (Wildman–Crippen MR) is 140 cm³/mol. The molecule has 39 heavy (non-hydrogen) atoms. The largest absolute Gasteiger partial charge is 0.490 e. The van der Waals surface area contributed by atoms with Crippen LogP contribution in [-0.4, -0.2) is 77.0 Å². The monoisotopic (exact) mass is 548 g/mol. The zero-order chi connectivity index (χ0) is 28.3. The third kappa shape index (κ3) is 6.50. The number of aliphatic carboxylic acids is 1. The Labute approximate surface area is 223 Å². The van der Waals surface area contributed by atoms with Gasteiger partial charge < -0.3 is 31.3 Å². The van der Waals surface area contributed by atoms with E-state index in [1.165, 1.54) is 11.3 Å². The van der Waals surface area contributed by atoms with Crippen LogP contribution in [0.1, 0.15) is 40.6 Å². The van der Waals surface area contributed by atoms with Gasteiger partial charge in [0.05, 0.1) is 11.7 Å². The zero-order valence-corrected chi connectivity index (χ0v) is 21.6. The molecule has 3 heterocycles. The molecule has 0 saturated carbocycles. The average molecular weight is 549 g/mol. The summed E-state index contributed by atoms with van der Waals surface area (Å²) in [6.45, 7) is 4.27. The summed E-state index contributed by atoms with van der Waals surface area (Å²) in [5, 5.41) is 18.4. The van der Waals surface area contributed by atoms with Crippen molar-refractivity contribution < 1.29 is 27.9 Å². The van der Waals surface area contributed by atoms with Gasteiger partial charge in [-0.25, -0.2) is 9.79 Å². The van der Waals surface area contributed by atoms with Gasteiger partial charge in [0.1, 0.15) is 0 Å². The van der Waals surface area contributed by atoms with E-state index in [0.717, 1.165) is 62.4 Å². The van der Waals surface area contributed by atoms with Crippen molar-refractivity contribution in [2.24, 2.45) is 17.8 Å². The first-order chi connectivity index (χ1) is 18.4. The number of guanidine groups is 1. The Morgan fingerprint density at radius 3 is 2.33 bits per heavy atom. The Balaban J connectivity index is 0.000000448. The quantitative estimate of drug-likeness (QED) is 0.458. The minimum Gasteiger partial charge on any atom is -0.475 e. The molecule has 5 rings (SSSR count). The van der Waals surface area contributed by atoms with E-state index >= 15 is 0 Å². The maximum absolute atomic E-state index is 11.9. The number of hydrogen-bond acceptors (Lipinski definition) is 8. The van der Waals surface area contributed by atoms with Crippen LogP contribution in [0.5, 0.6) is 0 Å². The number of carboxylic acids is 1. The number of benzene rings is 1. The van der Waals surface area contributed by atoms with Crippen LogP contribution in [0, 0.1) is 0 Å². The molecule has 1 amide bonds. The Bertz CT molecular complexity index is 1280. The zero-order valence-electron chi connectivity index (χ0n) is 21.6. The van der Waals surface area contributed by atoms with Gasteiger partial charge in [0.2, 0.25) is 5.96 Å². The predicted octanol–water partition coefficient (Wildman–Crippen LogP) is 2.24. The van der Waals surface area contributed by atoms with Crippen molar-refractivity contribution in [1.82, 2.24) is 20.0 Å². The lowest BCUT2D eigenvalue weighted by atomic mass is 10.0. The Morgan fingerprint density at radius 2 is 1.74 bits per heavy atom. The number of piperazine rings is 1. The van der Waals surface area contributed by atoms with E-state index < -0.39 is 18.1 Å². The van der Waals surface area contributed by atoms with Gasteiger partial charge in [-0.3, -0.25) is 9.48 Å². The van der Waals surface area contributed by atoms with E-state index in [9.17, 15) is 18.0 Å². The Morgan fingerprint density at radius 1 is 1.10 bits per heavy atom. The number of hydrogen-bond donors (Lipinski definition) is 4. The molecule has 3 aliphatic rings. The standard InChI is InChI=1S/C23H30N8O.C2HF3O2/c1-29-10-12-31(13-11-29)17-8-6-16(7-9-17)26-23-25-14-15-4-3-5-18-20(22(24)32)28-30(2)21(18)19(15)27-23;3-2(4,5)1(6)7/h6-9,14,19H,3-5,10-13H2,1-2H3,(H2,24,32)(H2,25,26,27);(H,6,7). The number of amides is 1. The number of rotatable bonds is 3. The van der Waals surface area contributed by atoms with Crippen LogP contribution >= 0.6 is 0 Å². The fourth-order valence-electron chi connectivity index (χ4n) is 4.82. The van der Waals surface area contributed by atoms with Crippen LogP contribution < -0.4 is 21.3 Å². The number of nitrogens with two attached hydrogens (primary N) is 1. The van der Waals surface area contributed by atoms with Crippen molar-refractivity contribution in [1.29, 1.82) is 0 Å². The lowest BCUT2D eigenvalue weighted by molar-refractivity contribution is -0.192. The Hall–Kier alpha value is -4.07. The van der Waals surface area contributed by atoms with Crippen molar-refractivity contribution in [2.45, 2.75) is 31.5 Å². The molecule has 2 aliphatic heterocycles. The molecule has 1 aliphatic carbocycles. The lowest BCUT2D eigenvalue weighted by Gasteiger charge is -2.34. The number of primary amides is 1. The fraction of sp³-hybridized carbons (Fsp3) is 0.440. The number of carbonyl (C=O) groups excluding carboxylic acids is 1. The normalized spacial score (nSPS) is 19.2.